The summed E-state index contributed by atoms with van der Waals surface area (Å²) in [5, 5.41) is 16.6. The molecule has 290 valence electrons. The zero-order valence-electron chi connectivity index (χ0n) is 33.4. The zero-order chi connectivity index (χ0) is 40.7. The molecule has 0 bridgehead atoms. The highest BCUT2D eigenvalue weighted by Crippen LogP contribution is 2.40. The monoisotopic (exact) mass is 793 g/mol. The van der Waals surface area contributed by atoms with Crippen molar-refractivity contribution in [3.63, 3.8) is 0 Å². The normalized spacial score (nSPS) is 11.9. The largest absolute Gasteiger partial charge is 0.456 e. The van der Waals surface area contributed by atoms with Crippen molar-refractivity contribution >= 4 is 65.6 Å². The first-order chi connectivity index (χ1) is 30.7. The van der Waals surface area contributed by atoms with E-state index in [0.29, 0.717) is 0 Å². The molecule has 6 heteroatoms. The summed E-state index contributed by atoms with van der Waals surface area (Å²) in [6.07, 6.45) is 0. The highest BCUT2D eigenvalue weighted by atomic mass is 16.3. The minimum absolute atomic E-state index is 0.783. The standard InChI is InChI=1S/C56H35N5O/c1-3-15-36(16-4-1)55-57-58-56(61(55)40-19-5-2-6-20-40)39-29-30-45-43-23-7-10-26-49(43)59(51(45)33-39)41-21-13-17-37(31-41)38-18-14-22-42(32-38)60-50-27-11-8-24-44(50)47-35-54-48(34-52(47)60)46-25-9-12-28-53(46)62-54/h1-35H. The molecular weight excluding hydrogens is 759 g/mol. The average molecular weight is 794 g/mol. The van der Waals surface area contributed by atoms with Gasteiger partial charge >= 0.3 is 0 Å². The highest BCUT2D eigenvalue weighted by Gasteiger charge is 2.21. The molecule has 13 rings (SSSR count). The Balaban J connectivity index is 0.967. The van der Waals surface area contributed by atoms with Gasteiger partial charge in [-0.3, -0.25) is 4.57 Å². The van der Waals surface area contributed by atoms with Crippen LogP contribution in [0, 0.1) is 0 Å². The molecule has 0 atom stereocenters. The predicted molar refractivity (Wildman–Crippen MR) is 254 cm³/mol. The molecule has 0 aliphatic carbocycles. The van der Waals surface area contributed by atoms with Gasteiger partial charge in [0.1, 0.15) is 11.2 Å². The molecule has 0 saturated heterocycles. The van der Waals surface area contributed by atoms with Gasteiger partial charge in [-0.25, -0.2) is 0 Å². The summed E-state index contributed by atoms with van der Waals surface area (Å²) < 4.78 is 13.3. The van der Waals surface area contributed by atoms with Crippen LogP contribution in [0.2, 0.25) is 0 Å². The number of hydrogen-bond acceptors (Lipinski definition) is 3. The first-order valence-corrected chi connectivity index (χ1v) is 20.9. The fourth-order valence-corrected chi connectivity index (χ4v) is 9.57. The van der Waals surface area contributed by atoms with Gasteiger partial charge in [0.25, 0.3) is 0 Å². The second-order valence-electron chi connectivity index (χ2n) is 15.9. The summed E-state index contributed by atoms with van der Waals surface area (Å²) in [6.45, 7) is 0. The van der Waals surface area contributed by atoms with Crippen molar-refractivity contribution in [1.82, 2.24) is 23.9 Å². The Bertz CT molecular complexity index is 3870. The summed E-state index contributed by atoms with van der Waals surface area (Å²) in [6, 6.07) is 75.2. The minimum Gasteiger partial charge on any atom is -0.456 e. The highest BCUT2D eigenvalue weighted by molar-refractivity contribution is 6.17. The molecule has 0 saturated carbocycles. The Hall–Kier alpha value is -8.48. The van der Waals surface area contributed by atoms with Crippen molar-refractivity contribution in [2.24, 2.45) is 0 Å². The van der Waals surface area contributed by atoms with Gasteiger partial charge in [-0.1, -0.05) is 140 Å². The molecule has 0 amide bonds. The van der Waals surface area contributed by atoms with Gasteiger partial charge in [0.2, 0.25) is 0 Å². The molecule has 6 nitrogen and oxygen atoms in total. The molecule has 4 aromatic heterocycles. The van der Waals surface area contributed by atoms with Crippen LogP contribution in [0.4, 0.5) is 0 Å². The van der Waals surface area contributed by atoms with E-state index in [-0.39, 0.29) is 0 Å². The number of fused-ring (bicyclic) bond motifs is 9. The average Bonchev–Trinajstić information content (AvgIpc) is 4.11. The Kier molecular flexibility index (Phi) is 7.50. The Morgan fingerprint density at radius 1 is 0.274 bits per heavy atom. The molecule has 0 radical (unpaired) electrons. The SMILES string of the molecule is c1ccc(-c2nnc(-c3ccc4c5ccccc5n(-c5cccc(-c6cccc(-n7c8ccccc8c8cc9oc%10ccccc%10c9cc87)c6)c5)c4c3)n2-c2ccccc2)cc1. The molecule has 13 aromatic rings. The third-order valence-electron chi connectivity index (χ3n) is 12.4. The molecule has 62 heavy (non-hydrogen) atoms. The first kappa shape index (κ1) is 34.4. The summed E-state index contributed by atoms with van der Waals surface area (Å²) >= 11 is 0. The summed E-state index contributed by atoms with van der Waals surface area (Å²) in [4.78, 5) is 0. The number of benzene rings is 9. The van der Waals surface area contributed by atoms with Gasteiger partial charge in [-0.05, 0) is 83.9 Å². The van der Waals surface area contributed by atoms with Crippen molar-refractivity contribution in [2.45, 2.75) is 0 Å². The fourth-order valence-electron chi connectivity index (χ4n) is 9.57. The number of nitrogens with zero attached hydrogens (tertiary/aromatic N) is 5. The minimum atomic E-state index is 0.783. The smallest absolute Gasteiger partial charge is 0.168 e. The Morgan fingerprint density at radius 3 is 1.48 bits per heavy atom. The van der Waals surface area contributed by atoms with E-state index in [0.717, 1.165) is 95.0 Å². The molecule has 4 heterocycles. The van der Waals surface area contributed by atoms with E-state index in [9.17, 15) is 0 Å². The molecule has 0 aliphatic heterocycles. The van der Waals surface area contributed by atoms with Crippen LogP contribution in [-0.4, -0.2) is 23.9 Å². The number of para-hydroxylation sites is 4. The van der Waals surface area contributed by atoms with Crippen LogP contribution in [0.5, 0.6) is 0 Å². The van der Waals surface area contributed by atoms with Crippen molar-refractivity contribution in [3.8, 4) is 51.0 Å². The molecule has 0 aliphatic rings. The van der Waals surface area contributed by atoms with Crippen LogP contribution in [-0.2, 0) is 0 Å². The van der Waals surface area contributed by atoms with Gasteiger partial charge in [0, 0.05) is 60.5 Å². The van der Waals surface area contributed by atoms with E-state index >= 15 is 0 Å². The van der Waals surface area contributed by atoms with Gasteiger partial charge in [0.15, 0.2) is 11.6 Å². The Labute approximate surface area is 355 Å². The lowest BCUT2D eigenvalue weighted by Gasteiger charge is -2.13. The van der Waals surface area contributed by atoms with Crippen LogP contribution >= 0.6 is 0 Å². The van der Waals surface area contributed by atoms with Crippen LogP contribution in [0.25, 0.3) is 117 Å². The molecule has 9 aromatic carbocycles. The molecular formula is C56H35N5O. The van der Waals surface area contributed by atoms with Crippen LogP contribution in [0.3, 0.4) is 0 Å². The fraction of sp³-hybridized carbons (Fsp3) is 0. The maximum atomic E-state index is 6.35. The van der Waals surface area contributed by atoms with Gasteiger partial charge in [-0.2, -0.15) is 0 Å². The lowest BCUT2D eigenvalue weighted by atomic mass is 10.0. The summed E-state index contributed by atoms with van der Waals surface area (Å²) in [7, 11) is 0. The maximum Gasteiger partial charge on any atom is 0.168 e. The molecule has 0 N–H and O–H groups in total. The van der Waals surface area contributed by atoms with Crippen molar-refractivity contribution < 1.29 is 4.42 Å². The van der Waals surface area contributed by atoms with Crippen molar-refractivity contribution in [1.29, 1.82) is 0 Å². The third-order valence-corrected chi connectivity index (χ3v) is 12.4. The second-order valence-corrected chi connectivity index (χ2v) is 15.9. The van der Waals surface area contributed by atoms with Crippen molar-refractivity contribution in [3.05, 3.63) is 212 Å². The van der Waals surface area contributed by atoms with Crippen LogP contribution in [0.15, 0.2) is 217 Å². The number of aromatic nitrogens is 5. The van der Waals surface area contributed by atoms with E-state index in [1.54, 1.807) is 0 Å². The number of hydrogen-bond donors (Lipinski definition) is 0. The zero-order valence-corrected chi connectivity index (χ0v) is 33.4. The van der Waals surface area contributed by atoms with E-state index in [2.05, 4.69) is 190 Å². The predicted octanol–water partition coefficient (Wildman–Crippen LogP) is 14.4. The molecule has 0 unspecified atom stereocenters. The molecule has 0 fully saturated rings. The van der Waals surface area contributed by atoms with Crippen molar-refractivity contribution in [2.75, 3.05) is 0 Å². The summed E-state index contributed by atoms with van der Waals surface area (Å²) in [5.74, 6) is 1.58. The topological polar surface area (TPSA) is 53.7 Å². The van der Waals surface area contributed by atoms with E-state index in [4.69, 9.17) is 14.6 Å². The van der Waals surface area contributed by atoms with Crippen LogP contribution in [0.1, 0.15) is 0 Å². The van der Waals surface area contributed by atoms with Crippen LogP contribution < -0.4 is 0 Å². The Morgan fingerprint density at radius 2 is 0.790 bits per heavy atom. The van der Waals surface area contributed by atoms with E-state index in [1.807, 2.05) is 36.4 Å². The quantitative estimate of drug-likeness (QED) is 0.168. The first-order valence-electron chi connectivity index (χ1n) is 20.9. The molecule has 0 spiro atoms. The third kappa shape index (κ3) is 5.23. The lowest BCUT2D eigenvalue weighted by Crippen LogP contribution is -2.00. The second kappa shape index (κ2) is 13.5. The lowest BCUT2D eigenvalue weighted by molar-refractivity contribution is 0.669. The van der Waals surface area contributed by atoms with E-state index < -0.39 is 0 Å². The number of furan rings is 1. The maximum absolute atomic E-state index is 6.35. The van der Waals surface area contributed by atoms with Gasteiger partial charge < -0.3 is 13.6 Å². The number of rotatable bonds is 6. The van der Waals surface area contributed by atoms with Gasteiger partial charge in [0.05, 0.1) is 22.1 Å². The van der Waals surface area contributed by atoms with Gasteiger partial charge in [-0.15, -0.1) is 10.2 Å². The summed E-state index contributed by atoms with van der Waals surface area (Å²) in [5.41, 5.74) is 13.8. The van der Waals surface area contributed by atoms with E-state index in [1.165, 1.54) is 21.5 Å².